The standard InChI is InChI=1S/C22H24N2O5/c1-23-17-7-6-15(27-2)12-16(17)22(21(23)26)9-10-24(13-22)20(25)14-5-8-18(28-3)19(11-14)29-4/h5-8,11-12H,9-10,13H2,1-4H3/t22-/m1/s1. The van der Waals surface area contributed by atoms with Crippen LogP contribution in [0.1, 0.15) is 22.3 Å². The molecule has 29 heavy (non-hydrogen) atoms. The van der Waals surface area contributed by atoms with Crippen LogP contribution in [0.25, 0.3) is 0 Å². The van der Waals surface area contributed by atoms with Crippen molar-refractivity contribution >= 4 is 17.5 Å². The molecule has 7 heteroatoms. The lowest BCUT2D eigenvalue weighted by atomic mass is 9.81. The van der Waals surface area contributed by atoms with Gasteiger partial charge in [0.25, 0.3) is 5.91 Å². The van der Waals surface area contributed by atoms with Crippen molar-refractivity contribution in [2.45, 2.75) is 11.8 Å². The first kappa shape index (κ1) is 19.1. The van der Waals surface area contributed by atoms with E-state index in [1.165, 1.54) is 7.11 Å². The van der Waals surface area contributed by atoms with Crippen molar-refractivity contribution in [3.05, 3.63) is 47.5 Å². The molecule has 7 nitrogen and oxygen atoms in total. The maximum absolute atomic E-state index is 13.2. The van der Waals surface area contributed by atoms with E-state index in [4.69, 9.17) is 14.2 Å². The molecule has 2 aromatic rings. The molecule has 1 spiro atoms. The van der Waals surface area contributed by atoms with Crippen molar-refractivity contribution < 1.29 is 23.8 Å². The van der Waals surface area contributed by atoms with E-state index in [-0.39, 0.29) is 11.8 Å². The van der Waals surface area contributed by atoms with Gasteiger partial charge in [-0.3, -0.25) is 9.59 Å². The van der Waals surface area contributed by atoms with Crippen molar-refractivity contribution in [3.63, 3.8) is 0 Å². The quantitative estimate of drug-likeness (QED) is 0.794. The summed E-state index contributed by atoms with van der Waals surface area (Å²) in [6.07, 6.45) is 0.579. The number of methoxy groups -OCH3 is 3. The fourth-order valence-corrected chi connectivity index (χ4v) is 4.39. The Morgan fingerprint density at radius 1 is 1.00 bits per heavy atom. The highest BCUT2D eigenvalue weighted by Crippen LogP contribution is 2.48. The van der Waals surface area contributed by atoms with Crippen LogP contribution in [-0.2, 0) is 10.2 Å². The summed E-state index contributed by atoms with van der Waals surface area (Å²) in [5, 5.41) is 0. The van der Waals surface area contributed by atoms with E-state index in [1.807, 2.05) is 18.2 Å². The summed E-state index contributed by atoms with van der Waals surface area (Å²) < 4.78 is 15.9. The third kappa shape index (κ3) is 2.80. The number of likely N-dealkylation sites (tertiary alicyclic amines) is 1. The molecule has 2 aromatic carbocycles. The highest BCUT2D eigenvalue weighted by molar-refractivity contribution is 6.09. The second-order valence-electron chi connectivity index (χ2n) is 7.38. The Labute approximate surface area is 169 Å². The van der Waals surface area contributed by atoms with Crippen LogP contribution in [0.15, 0.2) is 36.4 Å². The van der Waals surface area contributed by atoms with Crippen LogP contribution in [0.5, 0.6) is 17.2 Å². The Morgan fingerprint density at radius 2 is 1.76 bits per heavy atom. The summed E-state index contributed by atoms with van der Waals surface area (Å²) >= 11 is 0. The Balaban J connectivity index is 1.66. The molecule has 0 N–H and O–H groups in total. The number of carbonyl (C=O) groups excluding carboxylic acids is 2. The fourth-order valence-electron chi connectivity index (χ4n) is 4.39. The van der Waals surface area contributed by atoms with E-state index in [9.17, 15) is 9.59 Å². The van der Waals surface area contributed by atoms with Crippen LogP contribution < -0.4 is 19.1 Å². The van der Waals surface area contributed by atoms with E-state index in [0.29, 0.717) is 42.3 Å². The maximum Gasteiger partial charge on any atom is 0.254 e. The first-order valence-electron chi connectivity index (χ1n) is 9.43. The molecule has 0 aliphatic carbocycles. The normalized spacial score (nSPS) is 20.2. The average Bonchev–Trinajstić information content (AvgIpc) is 3.30. The molecule has 2 amide bonds. The third-order valence-electron chi connectivity index (χ3n) is 5.98. The first-order valence-corrected chi connectivity index (χ1v) is 9.43. The summed E-state index contributed by atoms with van der Waals surface area (Å²) in [6.45, 7) is 0.840. The van der Waals surface area contributed by atoms with Crippen molar-refractivity contribution in [2.75, 3.05) is 46.4 Å². The molecule has 1 saturated heterocycles. The summed E-state index contributed by atoms with van der Waals surface area (Å²) in [4.78, 5) is 29.8. The predicted octanol–water partition coefficient (Wildman–Crippen LogP) is 2.47. The molecular formula is C22H24N2O5. The number of carbonyl (C=O) groups is 2. The minimum Gasteiger partial charge on any atom is -0.497 e. The van der Waals surface area contributed by atoms with Gasteiger partial charge in [0, 0.05) is 31.4 Å². The maximum atomic E-state index is 13.2. The summed E-state index contributed by atoms with van der Waals surface area (Å²) in [7, 11) is 6.48. The zero-order valence-corrected chi connectivity index (χ0v) is 17.0. The zero-order valence-electron chi connectivity index (χ0n) is 17.0. The molecule has 0 unspecified atom stereocenters. The zero-order chi connectivity index (χ0) is 20.8. The van der Waals surface area contributed by atoms with Crippen LogP contribution >= 0.6 is 0 Å². The number of ether oxygens (including phenoxy) is 3. The highest BCUT2D eigenvalue weighted by atomic mass is 16.5. The average molecular weight is 396 g/mol. The monoisotopic (exact) mass is 396 g/mol. The number of likely N-dealkylation sites (N-methyl/N-ethyl adjacent to an activating group) is 1. The number of benzene rings is 2. The Hall–Kier alpha value is -3.22. The van der Waals surface area contributed by atoms with Gasteiger partial charge < -0.3 is 24.0 Å². The van der Waals surface area contributed by atoms with Crippen LogP contribution in [-0.4, -0.2) is 58.2 Å². The lowest BCUT2D eigenvalue weighted by Gasteiger charge is -2.24. The number of nitrogens with zero attached hydrogens (tertiary/aromatic N) is 2. The first-order chi connectivity index (χ1) is 13.9. The molecule has 1 atom stereocenters. The van der Waals surface area contributed by atoms with Crippen molar-refractivity contribution in [2.24, 2.45) is 0 Å². The van der Waals surface area contributed by atoms with Gasteiger partial charge in [-0.1, -0.05) is 0 Å². The topological polar surface area (TPSA) is 68.3 Å². The van der Waals surface area contributed by atoms with Gasteiger partial charge in [0.1, 0.15) is 5.75 Å². The molecule has 2 aliphatic heterocycles. The van der Waals surface area contributed by atoms with Crippen LogP contribution in [0, 0.1) is 0 Å². The van der Waals surface area contributed by atoms with Gasteiger partial charge >= 0.3 is 0 Å². The molecule has 4 rings (SSSR count). The number of anilines is 1. The number of amides is 2. The molecule has 1 fully saturated rings. The van der Waals surface area contributed by atoms with Gasteiger partial charge in [-0.2, -0.15) is 0 Å². The van der Waals surface area contributed by atoms with Gasteiger partial charge in [-0.15, -0.1) is 0 Å². The van der Waals surface area contributed by atoms with Crippen molar-refractivity contribution in [3.8, 4) is 17.2 Å². The summed E-state index contributed by atoms with van der Waals surface area (Å²) in [6, 6.07) is 10.8. The molecular weight excluding hydrogens is 372 g/mol. The third-order valence-corrected chi connectivity index (χ3v) is 5.98. The smallest absolute Gasteiger partial charge is 0.254 e. The van der Waals surface area contributed by atoms with Crippen LogP contribution in [0.2, 0.25) is 0 Å². The van der Waals surface area contributed by atoms with E-state index < -0.39 is 5.41 Å². The van der Waals surface area contributed by atoms with Crippen molar-refractivity contribution in [1.29, 1.82) is 0 Å². The number of fused-ring (bicyclic) bond motifs is 2. The van der Waals surface area contributed by atoms with Gasteiger partial charge in [0.15, 0.2) is 11.5 Å². The predicted molar refractivity (Wildman–Crippen MR) is 108 cm³/mol. The van der Waals surface area contributed by atoms with Gasteiger partial charge in [0.05, 0.1) is 26.7 Å². The van der Waals surface area contributed by atoms with Crippen LogP contribution in [0.4, 0.5) is 5.69 Å². The highest BCUT2D eigenvalue weighted by Gasteiger charge is 2.54. The second-order valence-corrected chi connectivity index (χ2v) is 7.38. The van der Waals surface area contributed by atoms with E-state index in [2.05, 4.69) is 0 Å². The molecule has 0 radical (unpaired) electrons. The number of hydrogen-bond donors (Lipinski definition) is 0. The SMILES string of the molecule is COc1ccc2c(c1)[C@]1(CCN(C(=O)c3ccc(OC)c(OC)c3)C1)C(=O)N2C. The molecule has 152 valence electrons. The number of rotatable bonds is 4. The lowest BCUT2D eigenvalue weighted by molar-refractivity contribution is -0.122. The van der Waals surface area contributed by atoms with E-state index >= 15 is 0 Å². The number of hydrogen-bond acceptors (Lipinski definition) is 5. The van der Waals surface area contributed by atoms with Gasteiger partial charge in [-0.05, 0) is 48.4 Å². The Bertz CT molecular complexity index is 989. The molecule has 0 aromatic heterocycles. The van der Waals surface area contributed by atoms with E-state index in [0.717, 1.165) is 11.3 Å². The summed E-state index contributed by atoms with van der Waals surface area (Å²) in [5.41, 5.74) is 1.57. The Kier molecular flexibility index (Phi) is 4.61. The largest absolute Gasteiger partial charge is 0.497 e. The van der Waals surface area contributed by atoms with Crippen molar-refractivity contribution in [1.82, 2.24) is 4.90 Å². The fraction of sp³-hybridized carbons (Fsp3) is 0.364. The molecule has 0 bridgehead atoms. The second kappa shape index (κ2) is 6.99. The van der Waals surface area contributed by atoms with Gasteiger partial charge in [-0.25, -0.2) is 0 Å². The van der Waals surface area contributed by atoms with Gasteiger partial charge in [0.2, 0.25) is 5.91 Å². The lowest BCUT2D eigenvalue weighted by Crippen LogP contribution is -2.42. The van der Waals surface area contributed by atoms with E-state index in [1.54, 1.807) is 49.3 Å². The minimum absolute atomic E-state index is 0.0170. The van der Waals surface area contributed by atoms with Crippen LogP contribution in [0.3, 0.4) is 0 Å². The minimum atomic E-state index is -0.731. The molecule has 2 aliphatic rings. The molecule has 2 heterocycles. The molecule has 0 saturated carbocycles. The Morgan fingerprint density at radius 3 is 2.45 bits per heavy atom. The summed E-state index contributed by atoms with van der Waals surface area (Å²) in [5.74, 6) is 1.66.